The van der Waals surface area contributed by atoms with Crippen LogP contribution in [-0.2, 0) is 0 Å². The average Bonchev–Trinajstić information content (AvgIpc) is 3.82. The first-order valence-corrected chi connectivity index (χ1v) is 21.6. The first-order valence-electron chi connectivity index (χ1n) is 21.6. The Balaban J connectivity index is 1.09. The Kier molecular flexibility index (Phi) is 8.59. The van der Waals surface area contributed by atoms with Gasteiger partial charge in [-0.25, -0.2) is 0 Å². The minimum absolute atomic E-state index is 0.871. The summed E-state index contributed by atoms with van der Waals surface area (Å²) in [4.78, 5) is 4.77. The van der Waals surface area contributed by atoms with Gasteiger partial charge in [0.15, 0.2) is 0 Å². The Morgan fingerprint density at radius 1 is 0.339 bits per heavy atom. The molecule has 2 aromatic heterocycles. The van der Waals surface area contributed by atoms with Crippen LogP contribution in [0.4, 0.5) is 34.1 Å². The molecule has 11 rings (SSSR count). The van der Waals surface area contributed by atoms with Crippen molar-refractivity contribution >= 4 is 99.5 Å². The fourth-order valence-electron chi connectivity index (χ4n) is 9.82. The van der Waals surface area contributed by atoms with Gasteiger partial charge in [-0.15, -0.1) is 0 Å². The van der Waals surface area contributed by atoms with Crippen LogP contribution < -0.4 is 9.80 Å². The lowest BCUT2D eigenvalue weighted by Crippen LogP contribution is -2.12. The highest BCUT2D eigenvalue weighted by atomic mass is 16.3. The van der Waals surface area contributed by atoms with E-state index in [1.165, 1.54) is 44.8 Å². The van der Waals surface area contributed by atoms with Gasteiger partial charge in [0.25, 0.3) is 0 Å². The number of furan rings is 2. The van der Waals surface area contributed by atoms with Gasteiger partial charge in [0.1, 0.15) is 22.3 Å². The van der Waals surface area contributed by atoms with Crippen LogP contribution in [-0.4, -0.2) is 0 Å². The molecule has 0 saturated heterocycles. The van der Waals surface area contributed by atoms with Crippen LogP contribution in [0, 0.1) is 55.4 Å². The molecule has 0 radical (unpaired) electrons. The lowest BCUT2D eigenvalue weighted by atomic mass is 9.96. The minimum atomic E-state index is 0.871. The number of rotatable bonds is 6. The van der Waals surface area contributed by atoms with Crippen molar-refractivity contribution in [2.24, 2.45) is 0 Å². The molecule has 0 bridgehead atoms. The number of anilines is 6. The number of hydrogen-bond donors (Lipinski definition) is 0. The molecule has 0 aliphatic rings. The SMILES string of the molecule is Cc1ccc(N(c2ccc3cc4c(cc3c2)oc2c(C)c(C)c3oc5cc6cc(N(c7ccc(C)cc7)c7c(C)cccc7C)ccc6cc5c3c24)c2c(C)cccc2C)cc1. The molecule has 302 valence electrons. The van der Waals surface area contributed by atoms with Crippen LogP contribution in [0.15, 0.2) is 154 Å². The molecule has 4 heteroatoms. The van der Waals surface area contributed by atoms with E-state index >= 15 is 0 Å². The Bertz CT molecular complexity index is 3330. The van der Waals surface area contributed by atoms with Crippen LogP contribution in [0.25, 0.3) is 65.4 Å². The maximum Gasteiger partial charge on any atom is 0.139 e. The molecule has 62 heavy (non-hydrogen) atoms. The predicted octanol–water partition coefficient (Wildman–Crippen LogP) is 17.2. The van der Waals surface area contributed by atoms with Gasteiger partial charge < -0.3 is 18.6 Å². The zero-order chi connectivity index (χ0) is 42.6. The van der Waals surface area contributed by atoms with Gasteiger partial charge in [0, 0.05) is 44.3 Å². The molecule has 0 aliphatic carbocycles. The summed E-state index contributed by atoms with van der Waals surface area (Å²) in [6, 6.07) is 53.4. The van der Waals surface area contributed by atoms with Gasteiger partial charge in [0.05, 0.1) is 11.4 Å². The highest BCUT2D eigenvalue weighted by Gasteiger charge is 2.24. The highest BCUT2D eigenvalue weighted by Crippen LogP contribution is 2.47. The third-order valence-corrected chi connectivity index (χ3v) is 13.2. The molecule has 9 aromatic carbocycles. The van der Waals surface area contributed by atoms with Crippen molar-refractivity contribution in [1.29, 1.82) is 0 Å². The van der Waals surface area contributed by atoms with Gasteiger partial charge in [-0.2, -0.15) is 0 Å². The van der Waals surface area contributed by atoms with Crippen LogP contribution in [0.5, 0.6) is 0 Å². The van der Waals surface area contributed by atoms with E-state index in [0.717, 1.165) is 99.3 Å². The molecular formula is C58H48N2O2. The number of fused-ring (bicyclic) bond motifs is 9. The molecule has 2 heterocycles. The first kappa shape index (κ1) is 37.7. The van der Waals surface area contributed by atoms with Gasteiger partial charge in [0.2, 0.25) is 0 Å². The summed E-state index contributed by atoms with van der Waals surface area (Å²) in [7, 11) is 0. The van der Waals surface area contributed by atoms with Crippen LogP contribution in [0.1, 0.15) is 44.5 Å². The molecule has 0 aliphatic heterocycles. The summed E-state index contributed by atoms with van der Waals surface area (Å²) in [6.45, 7) is 17.4. The number of hydrogen-bond acceptors (Lipinski definition) is 4. The second-order valence-corrected chi connectivity index (χ2v) is 17.4. The number of aryl methyl sites for hydroxylation is 8. The maximum atomic E-state index is 6.90. The third-order valence-electron chi connectivity index (χ3n) is 13.2. The van der Waals surface area contributed by atoms with E-state index in [9.17, 15) is 0 Å². The summed E-state index contributed by atoms with van der Waals surface area (Å²) in [5.41, 5.74) is 20.1. The maximum absolute atomic E-state index is 6.90. The predicted molar refractivity (Wildman–Crippen MR) is 263 cm³/mol. The van der Waals surface area contributed by atoms with E-state index in [0.29, 0.717) is 0 Å². The molecule has 0 fully saturated rings. The van der Waals surface area contributed by atoms with E-state index in [2.05, 4.69) is 211 Å². The average molecular weight is 805 g/mol. The molecule has 0 spiro atoms. The summed E-state index contributed by atoms with van der Waals surface area (Å²) in [5.74, 6) is 0. The van der Waals surface area contributed by atoms with Crippen molar-refractivity contribution in [1.82, 2.24) is 0 Å². The topological polar surface area (TPSA) is 32.8 Å². The monoisotopic (exact) mass is 804 g/mol. The molecule has 0 saturated carbocycles. The second-order valence-electron chi connectivity index (χ2n) is 17.4. The van der Waals surface area contributed by atoms with E-state index in [-0.39, 0.29) is 0 Å². The van der Waals surface area contributed by atoms with Crippen molar-refractivity contribution in [3.63, 3.8) is 0 Å². The van der Waals surface area contributed by atoms with Crippen LogP contribution in [0.2, 0.25) is 0 Å². The Labute approximate surface area is 362 Å². The first-order chi connectivity index (χ1) is 30.0. The zero-order valence-electron chi connectivity index (χ0n) is 36.6. The molecule has 0 amide bonds. The number of nitrogens with zero attached hydrogens (tertiary/aromatic N) is 2. The van der Waals surface area contributed by atoms with Crippen LogP contribution in [0.3, 0.4) is 0 Å². The van der Waals surface area contributed by atoms with Gasteiger partial charge in [-0.3, -0.25) is 0 Å². The molecule has 0 atom stereocenters. The van der Waals surface area contributed by atoms with Crippen molar-refractivity contribution in [3.05, 3.63) is 190 Å². The summed E-state index contributed by atoms with van der Waals surface area (Å²) in [5, 5.41) is 8.98. The summed E-state index contributed by atoms with van der Waals surface area (Å²) < 4.78 is 13.8. The molecule has 0 N–H and O–H groups in total. The quantitative estimate of drug-likeness (QED) is 0.168. The van der Waals surface area contributed by atoms with E-state index in [1.54, 1.807) is 0 Å². The van der Waals surface area contributed by atoms with Crippen molar-refractivity contribution in [2.45, 2.75) is 55.4 Å². The lowest BCUT2D eigenvalue weighted by molar-refractivity contribution is 0.657. The standard InChI is InChI=1S/C58H48N2O2/c1-33-15-21-45(22-16-33)59(55-35(3)11-9-12-36(55)4)47-25-19-41-29-49-51(31-43(41)27-47)61-57-39(7)40(8)58-54(53(49)57)50-30-42-20-26-48(28-44(42)32-52(50)62-58)60(46-23-17-34(2)18-24-46)56-37(5)13-10-14-38(56)6/h9-32H,1-8H3. The molecule has 0 unspecified atom stereocenters. The molecular weight excluding hydrogens is 757 g/mol. The lowest BCUT2D eigenvalue weighted by Gasteiger charge is -2.29. The van der Waals surface area contributed by atoms with Gasteiger partial charge in [-0.05, 0) is 183 Å². The zero-order valence-corrected chi connectivity index (χ0v) is 36.6. The summed E-state index contributed by atoms with van der Waals surface area (Å²) >= 11 is 0. The number of para-hydroxylation sites is 2. The van der Waals surface area contributed by atoms with E-state index in [4.69, 9.17) is 8.83 Å². The highest BCUT2D eigenvalue weighted by molar-refractivity contribution is 6.29. The van der Waals surface area contributed by atoms with Crippen molar-refractivity contribution in [3.8, 4) is 0 Å². The fourth-order valence-corrected chi connectivity index (χ4v) is 9.82. The van der Waals surface area contributed by atoms with E-state index in [1.807, 2.05) is 0 Å². The van der Waals surface area contributed by atoms with Crippen LogP contribution >= 0.6 is 0 Å². The fraction of sp³-hybridized carbons (Fsp3) is 0.138. The molecule has 11 aromatic rings. The largest absolute Gasteiger partial charge is 0.456 e. The van der Waals surface area contributed by atoms with Gasteiger partial charge in [-0.1, -0.05) is 83.9 Å². The third kappa shape index (κ3) is 5.89. The minimum Gasteiger partial charge on any atom is -0.456 e. The Morgan fingerprint density at radius 3 is 1.06 bits per heavy atom. The van der Waals surface area contributed by atoms with Crippen molar-refractivity contribution in [2.75, 3.05) is 9.80 Å². The summed E-state index contributed by atoms with van der Waals surface area (Å²) in [6.07, 6.45) is 0. The second kappa shape index (κ2) is 14.1. The smallest absolute Gasteiger partial charge is 0.139 e. The normalized spacial score (nSPS) is 11.9. The van der Waals surface area contributed by atoms with Crippen molar-refractivity contribution < 1.29 is 8.83 Å². The Morgan fingerprint density at radius 2 is 0.694 bits per heavy atom. The number of benzene rings is 9. The molecule has 4 nitrogen and oxygen atoms in total. The van der Waals surface area contributed by atoms with E-state index < -0.39 is 0 Å². The van der Waals surface area contributed by atoms with Gasteiger partial charge >= 0.3 is 0 Å². The Hall–Kier alpha value is -7.30.